The van der Waals surface area contributed by atoms with Crippen LogP contribution in [0.15, 0.2) is 76.5 Å². The van der Waals surface area contributed by atoms with Gasteiger partial charge in [-0.2, -0.15) is 0 Å². The quantitative estimate of drug-likeness (QED) is 0.384. The Morgan fingerprint density at radius 1 is 1.33 bits per heavy atom. The molecule has 4 heteroatoms. The smallest absolute Gasteiger partial charge is 0.251 e. The van der Waals surface area contributed by atoms with Crippen molar-refractivity contribution in [1.29, 1.82) is 0 Å². The standard InChI is InChI=1S/C20H23ClN2O/c1-5-9-15(6-2)19(22-4)13-12-16(7-3)20(24)23-18-11-8-10-17(21)14-18/h5-6,8-14H,4,7H2,1-3H3,(H,23,24)/b9-5-,15-6+,16-12+,19-13-. The molecule has 24 heavy (non-hydrogen) atoms. The zero-order valence-corrected chi connectivity index (χ0v) is 15.1. The van der Waals surface area contributed by atoms with Crippen molar-refractivity contribution in [2.45, 2.75) is 27.2 Å². The van der Waals surface area contributed by atoms with Crippen LogP contribution >= 0.6 is 11.6 Å². The first-order chi connectivity index (χ1) is 11.5. The molecule has 1 N–H and O–H groups in total. The highest BCUT2D eigenvalue weighted by molar-refractivity contribution is 6.30. The van der Waals surface area contributed by atoms with Gasteiger partial charge in [0.25, 0.3) is 5.91 Å². The maximum Gasteiger partial charge on any atom is 0.251 e. The van der Waals surface area contributed by atoms with Crippen LogP contribution in [0.4, 0.5) is 5.69 Å². The van der Waals surface area contributed by atoms with Gasteiger partial charge in [0.15, 0.2) is 0 Å². The van der Waals surface area contributed by atoms with Gasteiger partial charge in [-0.05, 0) is 56.8 Å². The fourth-order valence-electron chi connectivity index (χ4n) is 2.06. The number of nitrogens with zero attached hydrogens (tertiary/aromatic N) is 1. The summed E-state index contributed by atoms with van der Waals surface area (Å²) in [6, 6.07) is 7.07. The normalized spacial score (nSPS) is 13.2. The van der Waals surface area contributed by atoms with E-state index in [2.05, 4.69) is 17.0 Å². The van der Waals surface area contributed by atoms with Gasteiger partial charge in [-0.1, -0.05) is 48.9 Å². The molecule has 0 unspecified atom stereocenters. The number of aliphatic imine (C=N–C) groups is 1. The van der Waals surface area contributed by atoms with Gasteiger partial charge < -0.3 is 5.32 Å². The van der Waals surface area contributed by atoms with Crippen molar-refractivity contribution in [2.24, 2.45) is 4.99 Å². The average Bonchev–Trinajstić information content (AvgIpc) is 2.57. The van der Waals surface area contributed by atoms with Crippen molar-refractivity contribution in [3.63, 3.8) is 0 Å². The van der Waals surface area contributed by atoms with Crippen molar-refractivity contribution >= 4 is 29.9 Å². The van der Waals surface area contributed by atoms with Gasteiger partial charge in [0, 0.05) is 16.3 Å². The van der Waals surface area contributed by atoms with E-state index >= 15 is 0 Å². The fraction of sp³-hybridized carbons (Fsp3) is 0.200. The van der Waals surface area contributed by atoms with Crippen molar-refractivity contribution in [1.82, 2.24) is 0 Å². The summed E-state index contributed by atoms with van der Waals surface area (Å²) in [6.07, 6.45) is 10.0. The topological polar surface area (TPSA) is 41.5 Å². The molecule has 0 atom stereocenters. The summed E-state index contributed by atoms with van der Waals surface area (Å²) < 4.78 is 0. The minimum atomic E-state index is -0.160. The molecule has 0 heterocycles. The molecule has 0 aliphatic rings. The fourth-order valence-corrected chi connectivity index (χ4v) is 2.25. The highest BCUT2D eigenvalue weighted by atomic mass is 35.5. The summed E-state index contributed by atoms with van der Waals surface area (Å²) in [5, 5.41) is 3.43. The maximum atomic E-state index is 12.4. The van der Waals surface area contributed by atoms with Gasteiger partial charge in [0.2, 0.25) is 0 Å². The minimum Gasteiger partial charge on any atom is -0.322 e. The number of carbonyl (C=O) groups is 1. The predicted octanol–water partition coefficient (Wildman–Crippen LogP) is 5.72. The number of carbonyl (C=O) groups excluding carboxylic acids is 1. The molecule has 0 radical (unpaired) electrons. The number of rotatable bonds is 7. The van der Waals surface area contributed by atoms with E-state index in [1.807, 2.05) is 39.0 Å². The van der Waals surface area contributed by atoms with Gasteiger partial charge >= 0.3 is 0 Å². The molecular weight excluding hydrogens is 320 g/mol. The van der Waals surface area contributed by atoms with Crippen molar-refractivity contribution < 1.29 is 4.79 Å². The zero-order chi connectivity index (χ0) is 17.9. The van der Waals surface area contributed by atoms with E-state index in [-0.39, 0.29) is 5.91 Å². The molecule has 0 saturated heterocycles. The molecule has 3 nitrogen and oxygen atoms in total. The van der Waals surface area contributed by atoms with Crippen LogP contribution in [-0.2, 0) is 4.79 Å². The number of amides is 1. The molecule has 1 rings (SSSR count). The number of hydrogen-bond acceptors (Lipinski definition) is 2. The highest BCUT2D eigenvalue weighted by Gasteiger charge is 2.08. The third-order valence-electron chi connectivity index (χ3n) is 3.32. The van der Waals surface area contributed by atoms with E-state index in [1.165, 1.54) is 0 Å². The summed E-state index contributed by atoms with van der Waals surface area (Å²) >= 11 is 5.94. The van der Waals surface area contributed by atoms with Crippen LogP contribution in [0.1, 0.15) is 27.2 Å². The first-order valence-electron chi connectivity index (χ1n) is 7.79. The lowest BCUT2D eigenvalue weighted by atomic mass is 10.1. The predicted molar refractivity (Wildman–Crippen MR) is 105 cm³/mol. The summed E-state index contributed by atoms with van der Waals surface area (Å²) in [5.74, 6) is -0.160. The molecule has 1 amide bonds. The molecular formula is C20H23ClN2O. The number of nitrogens with one attached hydrogen (secondary N) is 1. The number of hydrogen-bond donors (Lipinski definition) is 1. The number of anilines is 1. The Hall–Kier alpha value is -2.39. The Morgan fingerprint density at radius 2 is 2.08 bits per heavy atom. The largest absolute Gasteiger partial charge is 0.322 e. The maximum absolute atomic E-state index is 12.4. The summed E-state index contributed by atoms with van der Waals surface area (Å²) in [4.78, 5) is 16.4. The highest BCUT2D eigenvalue weighted by Crippen LogP contribution is 2.17. The number of allylic oxidation sites excluding steroid dienone is 5. The van der Waals surface area contributed by atoms with Crippen molar-refractivity contribution in [2.75, 3.05) is 5.32 Å². The van der Waals surface area contributed by atoms with Crippen LogP contribution in [0.5, 0.6) is 0 Å². The lowest BCUT2D eigenvalue weighted by Gasteiger charge is -2.07. The second-order valence-electron chi connectivity index (χ2n) is 4.96. The van der Waals surface area contributed by atoms with Gasteiger partial charge in [-0.3, -0.25) is 9.79 Å². The van der Waals surface area contributed by atoms with Crippen LogP contribution in [0, 0.1) is 0 Å². The van der Waals surface area contributed by atoms with Gasteiger partial charge in [0.1, 0.15) is 0 Å². The number of halogens is 1. The Bertz CT molecular complexity index is 712. The molecule has 0 aliphatic carbocycles. The van der Waals surface area contributed by atoms with E-state index < -0.39 is 0 Å². The minimum absolute atomic E-state index is 0.160. The molecule has 0 bridgehead atoms. The lowest BCUT2D eigenvalue weighted by Crippen LogP contribution is -2.13. The van der Waals surface area contributed by atoms with Crippen LogP contribution in [0.2, 0.25) is 5.02 Å². The third-order valence-corrected chi connectivity index (χ3v) is 3.56. The summed E-state index contributed by atoms with van der Waals surface area (Å²) in [7, 11) is 0. The van der Waals surface area contributed by atoms with E-state index in [1.54, 1.807) is 36.4 Å². The Kier molecular flexibility index (Phi) is 8.52. The first-order valence-corrected chi connectivity index (χ1v) is 8.17. The average molecular weight is 343 g/mol. The molecule has 0 aliphatic heterocycles. The SMILES string of the molecule is C=NC(=C\C=C(/CC)C(=O)Nc1cccc(Cl)c1)/C(/C=C\C)=C/C. The molecule has 1 aromatic rings. The third kappa shape index (κ3) is 6.01. The van der Waals surface area contributed by atoms with Gasteiger partial charge in [-0.15, -0.1) is 0 Å². The summed E-state index contributed by atoms with van der Waals surface area (Å²) in [5.41, 5.74) is 2.99. The molecule has 0 saturated carbocycles. The molecule has 1 aromatic carbocycles. The number of benzene rings is 1. The second kappa shape index (κ2) is 10.4. The Balaban J connectivity index is 3.01. The van der Waals surface area contributed by atoms with Gasteiger partial charge in [-0.25, -0.2) is 0 Å². The zero-order valence-electron chi connectivity index (χ0n) is 14.3. The molecule has 0 spiro atoms. The van der Waals surface area contributed by atoms with Crippen LogP contribution in [-0.4, -0.2) is 12.6 Å². The van der Waals surface area contributed by atoms with E-state index in [4.69, 9.17) is 11.6 Å². The van der Waals surface area contributed by atoms with E-state index in [0.29, 0.717) is 22.7 Å². The molecule has 126 valence electrons. The molecule has 0 aromatic heterocycles. The van der Waals surface area contributed by atoms with Gasteiger partial charge in [0.05, 0.1) is 5.70 Å². The van der Waals surface area contributed by atoms with Crippen LogP contribution < -0.4 is 5.32 Å². The van der Waals surface area contributed by atoms with E-state index in [9.17, 15) is 4.79 Å². The second-order valence-corrected chi connectivity index (χ2v) is 5.40. The Labute approximate surface area is 149 Å². The monoisotopic (exact) mass is 342 g/mol. The summed E-state index contributed by atoms with van der Waals surface area (Å²) in [6.45, 7) is 9.41. The van der Waals surface area contributed by atoms with Crippen molar-refractivity contribution in [3.8, 4) is 0 Å². The Morgan fingerprint density at radius 3 is 2.62 bits per heavy atom. The lowest BCUT2D eigenvalue weighted by molar-refractivity contribution is -0.112. The van der Waals surface area contributed by atoms with Crippen molar-refractivity contribution in [3.05, 3.63) is 76.5 Å². The van der Waals surface area contributed by atoms with Crippen LogP contribution in [0.25, 0.3) is 0 Å². The van der Waals surface area contributed by atoms with E-state index in [0.717, 1.165) is 11.3 Å². The first kappa shape index (κ1) is 19.7. The molecule has 0 fully saturated rings. The van der Waals surface area contributed by atoms with Crippen LogP contribution in [0.3, 0.4) is 0 Å².